The first-order valence-electron chi connectivity index (χ1n) is 6.90. The van der Waals surface area contributed by atoms with Gasteiger partial charge in [0.15, 0.2) is 5.96 Å². The minimum Gasteiger partial charge on any atom is -0.370 e. The molecule has 0 bridgehead atoms. The predicted molar refractivity (Wildman–Crippen MR) is 87.6 cm³/mol. The topological polar surface area (TPSA) is 86.4 Å². The highest BCUT2D eigenvalue weighted by atomic mass is 16.1. The molecule has 4 N–H and O–H groups in total. The summed E-state index contributed by atoms with van der Waals surface area (Å²) < 4.78 is 2.14. The Balaban J connectivity index is 1.93. The number of rotatable bonds is 3. The van der Waals surface area contributed by atoms with E-state index in [1.807, 2.05) is 36.5 Å². The van der Waals surface area contributed by atoms with Crippen LogP contribution in [0.25, 0.3) is 10.9 Å². The Kier molecular flexibility index (Phi) is 3.62. The van der Waals surface area contributed by atoms with Crippen LogP contribution >= 0.6 is 0 Å². The van der Waals surface area contributed by atoms with Crippen molar-refractivity contribution in [2.45, 2.75) is 6.54 Å². The fourth-order valence-electron chi connectivity index (χ4n) is 2.43. The van der Waals surface area contributed by atoms with E-state index >= 15 is 0 Å². The summed E-state index contributed by atoms with van der Waals surface area (Å²) in [6, 6.07) is 17.6. The van der Waals surface area contributed by atoms with Gasteiger partial charge in [-0.25, -0.2) is 0 Å². The van der Waals surface area contributed by atoms with Crippen molar-refractivity contribution in [2.75, 3.05) is 0 Å². The summed E-state index contributed by atoms with van der Waals surface area (Å²) in [6.45, 7) is 0.783. The minimum atomic E-state index is -0.433. The molecule has 22 heavy (non-hydrogen) atoms. The molecule has 0 fully saturated rings. The van der Waals surface area contributed by atoms with Crippen LogP contribution in [0.15, 0.2) is 65.8 Å². The number of carbonyl (C=O) groups excluding carboxylic acids is 1. The van der Waals surface area contributed by atoms with Crippen LogP contribution in [0.2, 0.25) is 0 Å². The lowest BCUT2D eigenvalue weighted by molar-refractivity contribution is 0.100. The van der Waals surface area contributed by atoms with Crippen molar-refractivity contribution in [3.8, 4) is 0 Å². The molecule has 110 valence electrons. The Labute approximate surface area is 127 Å². The highest BCUT2D eigenvalue weighted by Crippen LogP contribution is 2.19. The fraction of sp³-hybridized carbons (Fsp3) is 0.0588. The number of hydrogen-bond acceptors (Lipinski definition) is 1. The molecule has 3 aromatic rings. The molecule has 1 heterocycles. The molecule has 0 saturated carbocycles. The van der Waals surface area contributed by atoms with Crippen molar-refractivity contribution in [1.82, 2.24) is 4.57 Å². The van der Waals surface area contributed by atoms with Crippen LogP contribution in [0.5, 0.6) is 0 Å². The Morgan fingerprint density at radius 2 is 1.82 bits per heavy atom. The zero-order chi connectivity index (χ0) is 15.5. The monoisotopic (exact) mass is 292 g/mol. The van der Waals surface area contributed by atoms with Crippen LogP contribution in [0.1, 0.15) is 15.9 Å². The van der Waals surface area contributed by atoms with Gasteiger partial charge >= 0.3 is 0 Å². The molecular formula is C17H16N4O. The van der Waals surface area contributed by atoms with Gasteiger partial charge in [0.1, 0.15) is 0 Å². The number of fused-ring (bicyclic) bond motifs is 1. The predicted octanol–water partition coefficient (Wildman–Crippen LogP) is 2.10. The summed E-state index contributed by atoms with van der Waals surface area (Å²) >= 11 is 0. The molecule has 1 aromatic heterocycles. The number of hydrogen-bond donors (Lipinski definition) is 2. The van der Waals surface area contributed by atoms with Crippen molar-refractivity contribution >= 4 is 22.8 Å². The number of carbonyl (C=O) groups is 1. The van der Waals surface area contributed by atoms with E-state index < -0.39 is 5.91 Å². The molecule has 5 heteroatoms. The first kappa shape index (κ1) is 13.9. The highest BCUT2D eigenvalue weighted by molar-refractivity contribution is 6.03. The van der Waals surface area contributed by atoms with Crippen LogP contribution in [-0.2, 0) is 6.54 Å². The van der Waals surface area contributed by atoms with E-state index in [1.165, 1.54) is 5.56 Å². The van der Waals surface area contributed by atoms with E-state index in [0.29, 0.717) is 5.56 Å². The molecule has 0 radical (unpaired) electrons. The van der Waals surface area contributed by atoms with Gasteiger partial charge in [0.2, 0.25) is 0 Å². The van der Waals surface area contributed by atoms with Crippen LogP contribution in [0.4, 0.5) is 0 Å². The van der Waals surface area contributed by atoms with E-state index in [2.05, 4.69) is 21.7 Å². The summed E-state index contributed by atoms with van der Waals surface area (Å²) in [6.07, 6.45) is 2.01. The summed E-state index contributed by atoms with van der Waals surface area (Å²) in [5.74, 6) is -0.663. The van der Waals surface area contributed by atoms with Gasteiger partial charge in [0, 0.05) is 29.2 Å². The van der Waals surface area contributed by atoms with Crippen molar-refractivity contribution in [2.24, 2.45) is 16.5 Å². The third-order valence-corrected chi connectivity index (χ3v) is 3.44. The molecule has 0 aliphatic heterocycles. The molecule has 0 atom stereocenters. The van der Waals surface area contributed by atoms with E-state index in [-0.39, 0.29) is 5.96 Å². The first-order valence-corrected chi connectivity index (χ1v) is 6.90. The molecule has 0 spiro atoms. The Bertz CT molecular complexity index is 845. The number of nitrogens with zero attached hydrogens (tertiary/aromatic N) is 2. The van der Waals surface area contributed by atoms with Crippen LogP contribution < -0.4 is 11.5 Å². The SMILES string of the molecule is NC(N)=NC(=O)c1ccc2c(ccn2Cc2ccccc2)c1. The third-order valence-electron chi connectivity index (χ3n) is 3.44. The first-order chi connectivity index (χ1) is 10.6. The largest absolute Gasteiger partial charge is 0.370 e. The fourth-order valence-corrected chi connectivity index (χ4v) is 2.43. The minimum absolute atomic E-state index is 0.230. The van der Waals surface area contributed by atoms with Gasteiger partial charge in [-0.2, -0.15) is 4.99 Å². The summed E-state index contributed by atoms with van der Waals surface area (Å²) in [5, 5.41) is 0.979. The lowest BCUT2D eigenvalue weighted by Crippen LogP contribution is -2.24. The van der Waals surface area contributed by atoms with E-state index in [4.69, 9.17) is 11.5 Å². The molecular weight excluding hydrogens is 276 g/mol. The van der Waals surface area contributed by atoms with E-state index in [1.54, 1.807) is 12.1 Å². The van der Waals surface area contributed by atoms with Gasteiger partial charge in [-0.15, -0.1) is 0 Å². The average molecular weight is 292 g/mol. The van der Waals surface area contributed by atoms with Crippen molar-refractivity contribution in [1.29, 1.82) is 0 Å². The van der Waals surface area contributed by atoms with Gasteiger partial charge in [-0.3, -0.25) is 4.79 Å². The number of guanidine groups is 1. The molecule has 5 nitrogen and oxygen atoms in total. The molecule has 0 saturated heterocycles. The smallest absolute Gasteiger partial charge is 0.280 e. The molecule has 0 aliphatic carbocycles. The lowest BCUT2D eigenvalue weighted by atomic mass is 10.1. The van der Waals surface area contributed by atoms with Gasteiger partial charge in [-0.1, -0.05) is 30.3 Å². The highest BCUT2D eigenvalue weighted by Gasteiger charge is 2.08. The van der Waals surface area contributed by atoms with Gasteiger partial charge < -0.3 is 16.0 Å². The number of nitrogens with two attached hydrogens (primary N) is 2. The average Bonchev–Trinajstić information content (AvgIpc) is 2.90. The zero-order valence-electron chi connectivity index (χ0n) is 11.9. The Hall–Kier alpha value is -3.08. The second kappa shape index (κ2) is 5.73. The maximum atomic E-state index is 11.8. The van der Waals surface area contributed by atoms with E-state index in [9.17, 15) is 4.79 Å². The number of amides is 1. The molecule has 3 rings (SSSR count). The van der Waals surface area contributed by atoms with E-state index in [0.717, 1.165) is 17.4 Å². The number of aliphatic imine (C=N–C) groups is 1. The Morgan fingerprint density at radius 3 is 2.55 bits per heavy atom. The summed E-state index contributed by atoms with van der Waals surface area (Å²) in [5.41, 5.74) is 13.2. The summed E-state index contributed by atoms with van der Waals surface area (Å²) in [4.78, 5) is 15.4. The van der Waals surface area contributed by atoms with Crippen LogP contribution in [-0.4, -0.2) is 16.4 Å². The maximum Gasteiger partial charge on any atom is 0.280 e. The molecule has 0 aliphatic rings. The molecule has 0 unspecified atom stereocenters. The van der Waals surface area contributed by atoms with Crippen molar-refractivity contribution in [3.63, 3.8) is 0 Å². The standard InChI is InChI=1S/C17H16N4O/c18-17(19)20-16(22)14-6-7-15-13(10-14)8-9-21(15)11-12-4-2-1-3-5-12/h1-10H,11H2,(H4,18,19,20,22). The van der Waals surface area contributed by atoms with Gasteiger partial charge in [0.25, 0.3) is 5.91 Å². The number of aromatic nitrogens is 1. The van der Waals surface area contributed by atoms with Crippen molar-refractivity contribution in [3.05, 3.63) is 71.9 Å². The van der Waals surface area contributed by atoms with Crippen LogP contribution in [0, 0.1) is 0 Å². The maximum absolute atomic E-state index is 11.8. The second-order valence-electron chi connectivity index (χ2n) is 5.04. The van der Waals surface area contributed by atoms with Crippen molar-refractivity contribution < 1.29 is 4.79 Å². The Morgan fingerprint density at radius 1 is 1.05 bits per heavy atom. The normalized spacial score (nSPS) is 10.5. The third kappa shape index (κ3) is 2.83. The van der Waals surface area contributed by atoms with Crippen LogP contribution in [0.3, 0.4) is 0 Å². The lowest BCUT2D eigenvalue weighted by Gasteiger charge is -2.06. The molecule has 2 aromatic carbocycles. The quantitative estimate of drug-likeness (QED) is 0.572. The zero-order valence-corrected chi connectivity index (χ0v) is 11.9. The summed E-state index contributed by atoms with van der Waals surface area (Å²) in [7, 11) is 0. The van der Waals surface area contributed by atoms with Gasteiger partial charge in [0.05, 0.1) is 0 Å². The second-order valence-corrected chi connectivity index (χ2v) is 5.04. The number of benzene rings is 2. The molecule has 1 amide bonds. The van der Waals surface area contributed by atoms with Gasteiger partial charge in [-0.05, 0) is 29.8 Å².